The summed E-state index contributed by atoms with van der Waals surface area (Å²) < 4.78 is 10.7. The van der Waals surface area contributed by atoms with Crippen molar-refractivity contribution in [2.75, 3.05) is 19.7 Å². The number of ether oxygens (including phenoxy) is 1. The lowest BCUT2D eigenvalue weighted by molar-refractivity contribution is -0.0404. The molecule has 0 aromatic carbocycles. The second-order valence-electron chi connectivity index (χ2n) is 2.87. The monoisotopic (exact) mass is 168 g/mol. The van der Waals surface area contributed by atoms with Crippen LogP contribution in [-0.4, -0.2) is 24.7 Å². The zero-order valence-electron chi connectivity index (χ0n) is 6.77. The van der Waals surface area contributed by atoms with Crippen molar-refractivity contribution in [3.63, 3.8) is 0 Å². The van der Waals surface area contributed by atoms with Gasteiger partial charge in [-0.25, -0.2) is 5.01 Å². The highest BCUT2D eigenvalue weighted by molar-refractivity contribution is 5.03. The minimum atomic E-state index is -0.00116. The number of furan rings is 1. The van der Waals surface area contributed by atoms with Crippen molar-refractivity contribution >= 4 is 0 Å². The normalized spacial score (nSPS) is 25.9. The molecule has 1 aromatic rings. The standard InChI is InChI=1S/C8H12N2O2/c9-10-3-5-12-8(6-10)7-2-1-4-11-7/h1-2,4,8H,3,5-6,9H2. The Morgan fingerprint density at radius 2 is 2.50 bits per heavy atom. The van der Waals surface area contributed by atoms with Crippen molar-refractivity contribution in [1.82, 2.24) is 5.01 Å². The van der Waals surface area contributed by atoms with E-state index in [1.165, 1.54) is 0 Å². The van der Waals surface area contributed by atoms with E-state index in [1.54, 1.807) is 11.3 Å². The number of hydrogen-bond donors (Lipinski definition) is 1. The van der Waals surface area contributed by atoms with Gasteiger partial charge in [-0.1, -0.05) is 0 Å². The van der Waals surface area contributed by atoms with Crippen molar-refractivity contribution in [3.8, 4) is 0 Å². The molecule has 0 amide bonds. The lowest BCUT2D eigenvalue weighted by Gasteiger charge is -2.28. The van der Waals surface area contributed by atoms with Crippen molar-refractivity contribution in [1.29, 1.82) is 0 Å². The lowest BCUT2D eigenvalue weighted by atomic mass is 10.2. The van der Waals surface area contributed by atoms with E-state index in [4.69, 9.17) is 15.0 Å². The van der Waals surface area contributed by atoms with E-state index >= 15 is 0 Å². The van der Waals surface area contributed by atoms with Crippen LogP contribution in [0.5, 0.6) is 0 Å². The Labute approximate surface area is 70.9 Å². The fraction of sp³-hybridized carbons (Fsp3) is 0.500. The first-order chi connectivity index (χ1) is 5.86. The average Bonchev–Trinajstić information content (AvgIpc) is 2.56. The molecule has 0 radical (unpaired) electrons. The third-order valence-electron chi connectivity index (χ3n) is 1.96. The van der Waals surface area contributed by atoms with Gasteiger partial charge < -0.3 is 9.15 Å². The number of nitrogens with two attached hydrogens (primary N) is 1. The van der Waals surface area contributed by atoms with E-state index in [0.717, 1.165) is 12.3 Å². The third kappa shape index (κ3) is 1.50. The lowest BCUT2D eigenvalue weighted by Crippen LogP contribution is -2.42. The van der Waals surface area contributed by atoms with Gasteiger partial charge in [0.15, 0.2) is 0 Å². The number of rotatable bonds is 1. The van der Waals surface area contributed by atoms with Crippen molar-refractivity contribution in [2.24, 2.45) is 5.84 Å². The maximum absolute atomic E-state index is 5.64. The molecule has 1 aromatic heterocycles. The SMILES string of the molecule is NN1CCOC(c2ccco2)C1. The molecule has 0 saturated carbocycles. The van der Waals surface area contributed by atoms with Gasteiger partial charge in [0.2, 0.25) is 0 Å². The highest BCUT2D eigenvalue weighted by Crippen LogP contribution is 2.20. The molecular formula is C8H12N2O2. The molecule has 4 nitrogen and oxygen atoms in total. The molecular weight excluding hydrogens is 156 g/mol. The molecule has 1 aliphatic heterocycles. The molecule has 1 aliphatic rings. The van der Waals surface area contributed by atoms with Crippen LogP contribution in [-0.2, 0) is 4.74 Å². The van der Waals surface area contributed by atoms with E-state index in [1.807, 2.05) is 12.1 Å². The summed E-state index contributed by atoms with van der Waals surface area (Å²) in [6.45, 7) is 2.16. The summed E-state index contributed by atoms with van der Waals surface area (Å²) >= 11 is 0. The first kappa shape index (κ1) is 7.79. The van der Waals surface area contributed by atoms with Crippen LogP contribution in [0.25, 0.3) is 0 Å². The van der Waals surface area contributed by atoms with Crippen LogP contribution in [0.1, 0.15) is 11.9 Å². The van der Waals surface area contributed by atoms with E-state index in [-0.39, 0.29) is 6.10 Å². The first-order valence-corrected chi connectivity index (χ1v) is 4.01. The molecule has 0 aliphatic carbocycles. The summed E-state index contributed by atoms with van der Waals surface area (Å²) in [5.74, 6) is 6.49. The largest absolute Gasteiger partial charge is 0.467 e. The number of nitrogens with zero attached hydrogens (tertiary/aromatic N) is 1. The van der Waals surface area contributed by atoms with E-state index < -0.39 is 0 Å². The van der Waals surface area contributed by atoms with Gasteiger partial charge in [0.1, 0.15) is 11.9 Å². The molecule has 0 spiro atoms. The molecule has 66 valence electrons. The molecule has 1 saturated heterocycles. The smallest absolute Gasteiger partial charge is 0.133 e. The summed E-state index contributed by atoms with van der Waals surface area (Å²) in [5, 5.41) is 1.75. The summed E-state index contributed by atoms with van der Waals surface area (Å²) in [5.41, 5.74) is 0. The second kappa shape index (κ2) is 3.26. The van der Waals surface area contributed by atoms with Crippen LogP contribution in [0.15, 0.2) is 22.8 Å². The van der Waals surface area contributed by atoms with Gasteiger partial charge in [-0.05, 0) is 12.1 Å². The van der Waals surface area contributed by atoms with Gasteiger partial charge in [0, 0.05) is 13.1 Å². The van der Waals surface area contributed by atoms with Crippen molar-refractivity contribution in [3.05, 3.63) is 24.2 Å². The quantitative estimate of drug-likeness (QED) is 0.621. The predicted molar refractivity (Wildman–Crippen MR) is 43.2 cm³/mol. The van der Waals surface area contributed by atoms with E-state index in [0.29, 0.717) is 13.2 Å². The molecule has 2 N–H and O–H groups in total. The Bertz CT molecular complexity index is 235. The summed E-state index contributed by atoms with van der Waals surface area (Å²) in [7, 11) is 0. The van der Waals surface area contributed by atoms with Crippen LogP contribution in [0.2, 0.25) is 0 Å². The number of hydrazine groups is 1. The van der Waals surface area contributed by atoms with Gasteiger partial charge in [0.25, 0.3) is 0 Å². The third-order valence-corrected chi connectivity index (χ3v) is 1.96. The van der Waals surface area contributed by atoms with Gasteiger partial charge in [-0.15, -0.1) is 0 Å². The Hall–Kier alpha value is -0.840. The minimum Gasteiger partial charge on any atom is -0.467 e. The Kier molecular flexibility index (Phi) is 2.12. The van der Waals surface area contributed by atoms with Gasteiger partial charge >= 0.3 is 0 Å². The zero-order valence-corrected chi connectivity index (χ0v) is 6.77. The van der Waals surface area contributed by atoms with Crippen molar-refractivity contribution < 1.29 is 9.15 Å². The summed E-state index contributed by atoms with van der Waals surface area (Å²) in [4.78, 5) is 0. The van der Waals surface area contributed by atoms with Crippen LogP contribution in [0, 0.1) is 0 Å². The average molecular weight is 168 g/mol. The fourth-order valence-electron chi connectivity index (χ4n) is 1.32. The molecule has 1 fully saturated rings. The van der Waals surface area contributed by atoms with Gasteiger partial charge in [0.05, 0.1) is 12.9 Å². The molecule has 1 atom stereocenters. The van der Waals surface area contributed by atoms with Crippen molar-refractivity contribution in [2.45, 2.75) is 6.10 Å². The maximum atomic E-state index is 5.64. The highest BCUT2D eigenvalue weighted by atomic mass is 16.5. The van der Waals surface area contributed by atoms with E-state index in [9.17, 15) is 0 Å². The van der Waals surface area contributed by atoms with Crippen LogP contribution in [0.4, 0.5) is 0 Å². The predicted octanol–water partition coefficient (Wildman–Crippen LogP) is 0.527. The molecule has 12 heavy (non-hydrogen) atoms. The molecule has 2 heterocycles. The Morgan fingerprint density at radius 3 is 3.17 bits per heavy atom. The van der Waals surface area contributed by atoms with Crippen LogP contribution < -0.4 is 5.84 Å². The topological polar surface area (TPSA) is 51.6 Å². The number of hydrogen-bond acceptors (Lipinski definition) is 4. The van der Waals surface area contributed by atoms with Gasteiger partial charge in [-0.2, -0.15) is 0 Å². The zero-order chi connectivity index (χ0) is 8.39. The molecule has 1 unspecified atom stereocenters. The highest BCUT2D eigenvalue weighted by Gasteiger charge is 2.21. The molecule has 0 bridgehead atoms. The fourth-order valence-corrected chi connectivity index (χ4v) is 1.32. The molecule has 2 rings (SSSR count). The summed E-state index contributed by atoms with van der Waals surface area (Å²) in [6.07, 6.45) is 1.65. The second-order valence-corrected chi connectivity index (χ2v) is 2.87. The van der Waals surface area contributed by atoms with Crippen LogP contribution in [0.3, 0.4) is 0 Å². The summed E-state index contributed by atoms with van der Waals surface area (Å²) in [6, 6.07) is 3.76. The first-order valence-electron chi connectivity index (χ1n) is 4.01. The van der Waals surface area contributed by atoms with Gasteiger partial charge in [-0.3, -0.25) is 5.84 Å². The van der Waals surface area contributed by atoms with Crippen LogP contribution >= 0.6 is 0 Å². The maximum Gasteiger partial charge on any atom is 0.133 e. The Morgan fingerprint density at radius 1 is 1.58 bits per heavy atom. The minimum absolute atomic E-state index is 0.00116. The van der Waals surface area contributed by atoms with E-state index in [2.05, 4.69) is 0 Å². The Balaban J connectivity index is 2.04. The molecule has 4 heteroatoms. The number of morpholine rings is 1.